The summed E-state index contributed by atoms with van der Waals surface area (Å²) in [5.41, 5.74) is 1.09. The zero-order chi connectivity index (χ0) is 12.3. The van der Waals surface area contributed by atoms with E-state index in [1.165, 1.54) is 12.8 Å². The Kier molecular flexibility index (Phi) is 4.26. The van der Waals surface area contributed by atoms with Gasteiger partial charge in [-0.05, 0) is 37.5 Å². The number of hydrogen-bond acceptors (Lipinski definition) is 3. The standard InChI is InChI=1S/C13H18ClNO2/c1-9-2-5-12(14)13(6-9)17-8-11(16)7-15-10-3-4-10/h2,5-6,10-11,15-16H,3-4,7-8H2,1H3. The fourth-order valence-corrected chi connectivity index (χ4v) is 1.73. The van der Waals surface area contributed by atoms with E-state index in [-0.39, 0.29) is 6.61 Å². The third-order valence-electron chi connectivity index (χ3n) is 2.74. The Morgan fingerprint density at radius 2 is 2.29 bits per heavy atom. The summed E-state index contributed by atoms with van der Waals surface area (Å²) in [5, 5.41) is 13.6. The van der Waals surface area contributed by atoms with Crippen LogP contribution in [0.15, 0.2) is 18.2 Å². The molecule has 1 aliphatic carbocycles. The van der Waals surface area contributed by atoms with Crippen LogP contribution in [0.2, 0.25) is 5.02 Å². The van der Waals surface area contributed by atoms with Gasteiger partial charge < -0.3 is 15.2 Å². The van der Waals surface area contributed by atoms with Gasteiger partial charge in [0.15, 0.2) is 0 Å². The van der Waals surface area contributed by atoms with Crippen LogP contribution in [-0.2, 0) is 0 Å². The molecule has 0 radical (unpaired) electrons. The van der Waals surface area contributed by atoms with Gasteiger partial charge in [-0.25, -0.2) is 0 Å². The summed E-state index contributed by atoms with van der Waals surface area (Å²) in [6, 6.07) is 6.22. The third-order valence-corrected chi connectivity index (χ3v) is 3.05. The van der Waals surface area contributed by atoms with Gasteiger partial charge in [-0.3, -0.25) is 0 Å². The highest BCUT2D eigenvalue weighted by molar-refractivity contribution is 6.32. The Morgan fingerprint density at radius 3 is 3.00 bits per heavy atom. The fraction of sp³-hybridized carbons (Fsp3) is 0.538. The van der Waals surface area contributed by atoms with Crippen LogP contribution in [0.25, 0.3) is 0 Å². The highest BCUT2D eigenvalue weighted by Gasteiger charge is 2.21. The van der Waals surface area contributed by atoms with Crippen LogP contribution < -0.4 is 10.1 Å². The highest BCUT2D eigenvalue weighted by atomic mass is 35.5. The van der Waals surface area contributed by atoms with Crippen LogP contribution >= 0.6 is 11.6 Å². The molecule has 1 saturated carbocycles. The lowest BCUT2D eigenvalue weighted by Gasteiger charge is -2.14. The van der Waals surface area contributed by atoms with Crippen molar-refractivity contribution in [2.24, 2.45) is 0 Å². The molecule has 2 N–H and O–H groups in total. The van der Waals surface area contributed by atoms with Crippen LogP contribution in [0, 0.1) is 6.92 Å². The lowest BCUT2D eigenvalue weighted by Crippen LogP contribution is -2.32. The molecule has 2 rings (SSSR count). The van der Waals surface area contributed by atoms with Gasteiger partial charge in [-0.2, -0.15) is 0 Å². The second-order valence-electron chi connectivity index (χ2n) is 4.58. The fourth-order valence-electron chi connectivity index (χ4n) is 1.56. The number of halogens is 1. The van der Waals surface area contributed by atoms with Gasteiger partial charge >= 0.3 is 0 Å². The Labute approximate surface area is 107 Å². The van der Waals surface area contributed by atoms with E-state index in [1.807, 2.05) is 19.1 Å². The first-order valence-corrected chi connectivity index (χ1v) is 6.33. The van der Waals surface area contributed by atoms with Crippen LogP contribution in [-0.4, -0.2) is 30.4 Å². The molecule has 0 bridgehead atoms. The number of ether oxygens (including phenoxy) is 1. The van der Waals surface area contributed by atoms with Gasteiger partial charge in [0.2, 0.25) is 0 Å². The third kappa shape index (κ3) is 4.19. The molecule has 0 aromatic heterocycles. The predicted molar refractivity (Wildman–Crippen MR) is 68.7 cm³/mol. The van der Waals surface area contributed by atoms with Crippen molar-refractivity contribution < 1.29 is 9.84 Å². The molecule has 0 heterocycles. The van der Waals surface area contributed by atoms with Crippen molar-refractivity contribution in [3.8, 4) is 5.75 Å². The van der Waals surface area contributed by atoms with Crippen molar-refractivity contribution in [1.82, 2.24) is 5.32 Å². The molecule has 0 spiro atoms. The van der Waals surface area contributed by atoms with Gasteiger partial charge in [0.25, 0.3) is 0 Å². The lowest BCUT2D eigenvalue weighted by molar-refractivity contribution is 0.106. The first-order chi connectivity index (χ1) is 8.15. The van der Waals surface area contributed by atoms with Crippen molar-refractivity contribution in [3.05, 3.63) is 28.8 Å². The van der Waals surface area contributed by atoms with E-state index in [0.29, 0.717) is 23.4 Å². The number of benzene rings is 1. The smallest absolute Gasteiger partial charge is 0.138 e. The van der Waals surface area contributed by atoms with Crippen molar-refractivity contribution in [2.45, 2.75) is 31.9 Å². The number of aliphatic hydroxyl groups is 1. The number of rotatable bonds is 6. The van der Waals surface area contributed by atoms with Crippen LogP contribution in [0.5, 0.6) is 5.75 Å². The number of aryl methyl sites for hydroxylation is 1. The molecule has 1 unspecified atom stereocenters. The van der Waals surface area contributed by atoms with E-state index in [0.717, 1.165) is 5.56 Å². The van der Waals surface area contributed by atoms with Crippen molar-refractivity contribution in [2.75, 3.05) is 13.2 Å². The molecule has 0 amide bonds. The molecule has 1 aromatic rings. The summed E-state index contributed by atoms with van der Waals surface area (Å²) in [7, 11) is 0. The minimum absolute atomic E-state index is 0.267. The topological polar surface area (TPSA) is 41.5 Å². The summed E-state index contributed by atoms with van der Waals surface area (Å²) in [4.78, 5) is 0. The molecule has 3 nitrogen and oxygen atoms in total. The molecule has 0 saturated heterocycles. The maximum absolute atomic E-state index is 9.72. The molecule has 4 heteroatoms. The Balaban J connectivity index is 1.77. The van der Waals surface area contributed by atoms with Gasteiger partial charge in [0.05, 0.1) is 5.02 Å². The molecule has 0 aliphatic heterocycles. The van der Waals surface area contributed by atoms with Crippen molar-refractivity contribution >= 4 is 11.6 Å². The van der Waals surface area contributed by atoms with E-state index in [4.69, 9.17) is 16.3 Å². The van der Waals surface area contributed by atoms with Crippen molar-refractivity contribution in [1.29, 1.82) is 0 Å². The predicted octanol–water partition coefficient (Wildman–Crippen LogP) is 2.14. The summed E-state index contributed by atoms with van der Waals surface area (Å²) >= 11 is 5.99. The van der Waals surface area contributed by atoms with E-state index in [2.05, 4.69) is 5.32 Å². The Hall–Kier alpha value is -0.770. The van der Waals surface area contributed by atoms with E-state index in [1.54, 1.807) is 6.07 Å². The monoisotopic (exact) mass is 255 g/mol. The number of aliphatic hydroxyl groups excluding tert-OH is 1. The average molecular weight is 256 g/mol. The van der Waals surface area contributed by atoms with E-state index >= 15 is 0 Å². The zero-order valence-corrected chi connectivity index (χ0v) is 10.7. The van der Waals surface area contributed by atoms with Crippen molar-refractivity contribution in [3.63, 3.8) is 0 Å². The zero-order valence-electron chi connectivity index (χ0n) is 9.95. The number of hydrogen-bond donors (Lipinski definition) is 2. The van der Waals surface area contributed by atoms with Gasteiger partial charge in [0.1, 0.15) is 18.5 Å². The van der Waals surface area contributed by atoms with Gasteiger partial charge in [0, 0.05) is 12.6 Å². The first-order valence-electron chi connectivity index (χ1n) is 5.95. The summed E-state index contributed by atoms with van der Waals surface area (Å²) in [6.07, 6.45) is 1.95. The van der Waals surface area contributed by atoms with Gasteiger partial charge in [-0.15, -0.1) is 0 Å². The SMILES string of the molecule is Cc1ccc(Cl)c(OCC(O)CNC2CC2)c1. The van der Waals surface area contributed by atoms with E-state index < -0.39 is 6.10 Å². The molecule has 1 aromatic carbocycles. The maximum atomic E-state index is 9.72. The van der Waals surface area contributed by atoms with Crippen LogP contribution in [0.3, 0.4) is 0 Å². The first kappa shape index (κ1) is 12.7. The van der Waals surface area contributed by atoms with E-state index in [9.17, 15) is 5.11 Å². The highest BCUT2D eigenvalue weighted by Crippen LogP contribution is 2.25. The largest absolute Gasteiger partial charge is 0.489 e. The molecule has 1 aliphatic rings. The molecule has 1 atom stereocenters. The van der Waals surface area contributed by atoms with Gasteiger partial charge in [-0.1, -0.05) is 17.7 Å². The van der Waals surface area contributed by atoms with Crippen LogP contribution in [0.4, 0.5) is 0 Å². The van der Waals surface area contributed by atoms with Crippen LogP contribution in [0.1, 0.15) is 18.4 Å². The normalized spacial score (nSPS) is 16.9. The lowest BCUT2D eigenvalue weighted by atomic mass is 10.2. The minimum atomic E-state index is -0.493. The summed E-state index contributed by atoms with van der Waals surface area (Å²) < 4.78 is 5.51. The quantitative estimate of drug-likeness (QED) is 0.818. The molecular formula is C13H18ClNO2. The Bertz CT molecular complexity index is 380. The maximum Gasteiger partial charge on any atom is 0.138 e. The second kappa shape index (κ2) is 5.71. The average Bonchev–Trinajstić information content (AvgIpc) is 3.11. The number of nitrogens with one attached hydrogen (secondary N) is 1. The summed E-state index contributed by atoms with van der Waals surface area (Å²) in [6.45, 7) is 2.82. The Morgan fingerprint density at radius 1 is 1.53 bits per heavy atom. The minimum Gasteiger partial charge on any atom is -0.489 e. The molecule has 1 fully saturated rings. The molecular weight excluding hydrogens is 238 g/mol. The summed E-state index contributed by atoms with van der Waals surface area (Å²) in [5.74, 6) is 0.636. The second-order valence-corrected chi connectivity index (χ2v) is 4.99. The molecule has 17 heavy (non-hydrogen) atoms. The molecule has 94 valence electrons.